The highest BCUT2D eigenvalue weighted by Gasteiger charge is 2.31. The van der Waals surface area contributed by atoms with Crippen molar-refractivity contribution in [3.8, 4) is 11.5 Å². The Morgan fingerprint density at radius 3 is 2.62 bits per heavy atom. The van der Waals surface area contributed by atoms with Crippen LogP contribution in [0.4, 0.5) is 0 Å². The lowest BCUT2D eigenvalue weighted by molar-refractivity contribution is 0.291. The lowest BCUT2D eigenvalue weighted by Crippen LogP contribution is -2.24. The Morgan fingerprint density at radius 1 is 1.31 bits per heavy atom. The molecule has 0 heterocycles. The lowest BCUT2D eigenvalue weighted by atomic mass is 10.3. The van der Waals surface area contributed by atoms with Crippen molar-refractivity contribution >= 4 is 0 Å². The maximum absolute atomic E-state index is 5.65. The van der Waals surface area contributed by atoms with E-state index in [2.05, 4.69) is 12.2 Å². The van der Waals surface area contributed by atoms with Crippen LogP contribution in [0.2, 0.25) is 0 Å². The molecule has 0 aromatic heterocycles. The summed E-state index contributed by atoms with van der Waals surface area (Å²) in [5, 5.41) is 3.45. The van der Waals surface area contributed by atoms with Gasteiger partial charge in [-0.1, -0.05) is 19.1 Å². The molecule has 1 aromatic carbocycles. The van der Waals surface area contributed by atoms with E-state index in [4.69, 9.17) is 9.47 Å². The first-order valence-electron chi connectivity index (χ1n) is 5.80. The Labute approximate surface area is 96.8 Å². The third-order valence-corrected chi connectivity index (χ3v) is 2.94. The molecule has 1 aliphatic rings. The molecule has 0 spiro atoms. The predicted octanol–water partition coefficient (Wildman–Crippen LogP) is 2.07. The molecule has 0 aliphatic heterocycles. The molecule has 2 atom stereocenters. The summed E-state index contributed by atoms with van der Waals surface area (Å²) in [7, 11) is 1.66. The van der Waals surface area contributed by atoms with Gasteiger partial charge in [0.2, 0.25) is 0 Å². The van der Waals surface area contributed by atoms with Crippen molar-refractivity contribution in [2.45, 2.75) is 19.4 Å². The standard InChI is InChI=1S/C13H19NO2/c1-10-9-11(10)14-7-8-16-13-6-4-3-5-12(13)15-2/h3-6,10-11,14H,7-9H2,1-2H3. The van der Waals surface area contributed by atoms with E-state index < -0.39 is 0 Å². The van der Waals surface area contributed by atoms with Gasteiger partial charge < -0.3 is 14.8 Å². The Balaban J connectivity index is 1.71. The number of benzene rings is 1. The van der Waals surface area contributed by atoms with Gasteiger partial charge >= 0.3 is 0 Å². The summed E-state index contributed by atoms with van der Waals surface area (Å²) in [6.07, 6.45) is 1.30. The molecule has 1 saturated carbocycles. The summed E-state index contributed by atoms with van der Waals surface area (Å²) in [5.41, 5.74) is 0. The summed E-state index contributed by atoms with van der Waals surface area (Å²) < 4.78 is 10.9. The van der Waals surface area contributed by atoms with Crippen LogP contribution in [0.3, 0.4) is 0 Å². The average molecular weight is 221 g/mol. The van der Waals surface area contributed by atoms with E-state index in [0.29, 0.717) is 12.6 Å². The number of methoxy groups -OCH3 is 1. The van der Waals surface area contributed by atoms with E-state index in [1.54, 1.807) is 7.11 Å². The Hall–Kier alpha value is -1.22. The first-order valence-corrected chi connectivity index (χ1v) is 5.80. The van der Waals surface area contributed by atoms with Crippen LogP contribution in [0.15, 0.2) is 24.3 Å². The van der Waals surface area contributed by atoms with Gasteiger partial charge in [0.1, 0.15) is 6.61 Å². The number of hydrogen-bond acceptors (Lipinski definition) is 3. The van der Waals surface area contributed by atoms with Gasteiger partial charge in [0, 0.05) is 12.6 Å². The van der Waals surface area contributed by atoms with Crippen LogP contribution < -0.4 is 14.8 Å². The lowest BCUT2D eigenvalue weighted by Gasteiger charge is -2.10. The minimum atomic E-state index is 0.684. The van der Waals surface area contributed by atoms with Crippen molar-refractivity contribution in [3.05, 3.63) is 24.3 Å². The Bertz CT molecular complexity index is 340. The first-order chi connectivity index (χ1) is 7.81. The first kappa shape index (κ1) is 11.3. The second kappa shape index (κ2) is 5.21. The van der Waals surface area contributed by atoms with Gasteiger partial charge in [-0.2, -0.15) is 0 Å². The Kier molecular flexibility index (Phi) is 3.67. The van der Waals surface area contributed by atoms with Gasteiger partial charge in [0.25, 0.3) is 0 Å². The van der Waals surface area contributed by atoms with Gasteiger partial charge in [-0.15, -0.1) is 0 Å². The minimum absolute atomic E-state index is 0.684. The van der Waals surface area contributed by atoms with Crippen molar-refractivity contribution in [1.29, 1.82) is 0 Å². The topological polar surface area (TPSA) is 30.5 Å². The summed E-state index contributed by atoms with van der Waals surface area (Å²) in [4.78, 5) is 0. The van der Waals surface area contributed by atoms with Crippen LogP contribution in [-0.2, 0) is 0 Å². The van der Waals surface area contributed by atoms with Gasteiger partial charge in [-0.3, -0.25) is 0 Å². The highest BCUT2D eigenvalue weighted by molar-refractivity contribution is 5.39. The summed E-state index contributed by atoms with van der Waals surface area (Å²) in [5.74, 6) is 2.45. The second-order valence-corrected chi connectivity index (χ2v) is 4.27. The van der Waals surface area contributed by atoms with E-state index in [0.717, 1.165) is 24.0 Å². The van der Waals surface area contributed by atoms with E-state index in [1.807, 2.05) is 24.3 Å². The third-order valence-electron chi connectivity index (χ3n) is 2.94. The second-order valence-electron chi connectivity index (χ2n) is 4.27. The fourth-order valence-electron chi connectivity index (χ4n) is 1.75. The smallest absolute Gasteiger partial charge is 0.161 e. The minimum Gasteiger partial charge on any atom is -0.493 e. The molecule has 3 nitrogen and oxygen atoms in total. The van der Waals surface area contributed by atoms with E-state index >= 15 is 0 Å². The molecule has 1 aromatic rings. The fourth-order valence-corrected chi connectivity index (χ4v) is 1.75. The zero-order chi connectivity index (χ0) is 11.4. The normalized spacial score (nSPS) is 22.9. The van der Waals surface area contributed by atoms with Crippen molar-refractivity contribution < 1.29 is 9.47 Å². The zero-order valence-electron chi connectivity index (χ0n) is 9.90. The summed E-state index contributed by atoms with van der Waals surface area (Å²) >= 11 is 0. The number of ether oxygens (including phenoxy) is 2. The average Bonchev–Trinajstić information content (AvgIpc) is 3.01. The molecule has 88 valence electrons. The van der Waals surface area contributed by atoms with Gasteiger partial charge in [-0.25, -0.2) is 0 Å². The molecule has 1 fully saturated rings. The van der Waals surface area contributed by atoms with Gasteiger partial charge in [0.05, 0.1) is 7.11 Å². The third kappa shape index (κ3) is 2.89. The number of para-hydroxylation sites is 2. The van der Waals surface area contributed by atoms with Crippen molar-refractivity contribution in [2.75, 3.05) is 20.3 Å². The highest BCUT2D eigenvalue weighted by Crippen LogP contribution is 2.29. The van der Waals surface area contributed by atoms with Crippen molar-refractivity contribution in [1.82, 2.24) is 5.32 Å². The van der Waals surface area contributed by atoms with E-state index in [1.165, 1.54) is 6.42 Å². The molecule has 1 aliphatic carbocycles. The number of nitrogens with one attached hydrogen (secondary N) is 1. The van der Waals surface area contributed by atoms with E-state index in [9.17, 15) is 0 Å². The van der Waals surface area contributed by atoms with Crippen LogP contribution in [0, 0.1) is 5.92 Å². The zero-order valence-corrected chi connectivity index (χ0v) is 9.90. The van der Waals surface area contributed by atoms with Crippen LogP contribution in [0.5, 0.6) is 11.5 Å². The monoisotopic (exact) mass is 221 g/mol. The molecule has 1 N–H and O–H groups in total. The van der Waals surface area contributed by atoms with Crippen molar-refractivity contribution in [3.63, 3.8) is 0 Å². The molecular formula is C13H19NO2. The Morgan fingerprint density at radius 2 is 2.00 bits per heavy atom. The van der Waals surface area contributed by atoms with Crippen molar-refractivity contribution in [2.24, 2.45) is 5.92 Å². The maximum atomic E-state index is 5.65. The molecule has 3 heteroatoms. The van der Waals surface area contributed by atoms with Crippen LogP contribution in [-0.4, -0.2) is 26.3 Å². The molecule has 0 bridgehead atoms. The maximum Gasteiger partial charge on any atom is 0.161 e. The highest BCUT2D eigenvalue weighted by atomic mass is 16.5. The molecular weight excluding hydrogens is 202 g/mol. The molecule has 0 saturated heterocycles. The van der Waals surface area contributed by atoms with Gasteiger partial charge in [0.15, 0.2) is 11.5 Å². The SMILES string of the molecule is COc1ccccc1OCCNC1CC1C. The van der Waals surface area contributed by atoms with Crippen LogP contribution in [0.1, 0.15) is 13.3 Å². The molecule has 0 amide bonds. The largest absolute Gasteiger partial charge is 0.493 e. The molecule has 2 unspecified atom stereocenters. The van der Waals surface area contributed by atoms with Crippen LogP contribution >= 0.6 is 0 Å². The quantitative estimate of drug-likeness (QED) is 0.746. The molecule has 0 radical (unpaired) electrons. The number of hydrogen-bond donors (Lipinski definition) is 1. The van der Waals surface area contributed by atoms with E-state index in [-0.39, 0.29) is 0 Å². The summed E-state index contributed by atoms with van der Waals surface area (Å²) in [6.45, 7) is 3.84. The van der Waals surface area contributed by atoms with Crippen LogP contribution in [0.25, 0.3) is 0 Å². The molecule has 16 heavy (non-hydrogen) atoms. The summed E-state index contributed by atoms with van der Waals surface area (Å²) in [6, 6.07) is 8.44. The number of rotatable bonds is 6. The molecule has 2 rings (SSSR count). The fraction of sp³-hybridized carbons (Fsp3) is 0.538. The predicted molar refractivity (Wildman–Crippen MR) is 64.1 cm³/mol. The van der Waals surface area contributed by atoms with Gasteiger partial charge in [-0.05, 0) is 24.5 Å².